The van der Waals surface area contributed by atoms with Crippen molar-refractivity contribution in [2.45, 2.75) is 19.9 Å². The second-order valence-corrected chi connectivity index (χ2v) is 6.12. The molecule has 7 nitrogen and oxygen atoms in total. The van der Waals surface area contributed by atoms with Gasteiger partial charge in [0.2, 0.25) is 0 Å². The van der Waals surface area contributed by atoms with Crippen LogP contribution in [0.1, 0.15) is 38.3 Å². The molecule has 0 saturated heterocycles. The number of amides is 1. The van der Waals surface area contributed by atoms with Crippen molar-refractivity contribution < 1.29 is 9.59 Å². The highest BCUT2D eigenvalue weighted by Gasteiger charge is 2.12. The fourth-order valence-corrected chi connectivity index (χ4v) is 2.62. The standard InChI is InChI=1S/C20H22N4O3/c1-14-3-2-4-15(7-14)11-24-12-17(8-18(13-25)20(24)27)19(26)23-6-5-16(9-21)10-22/h2-4,7-10,12-13,21H,5-6,11,22H2,1H3,(H,23,26)/b16-10-,21-9?. The molecule has 0 fully saturated rings. The molecule has 7 heteroatoms. The van der Waals surface area contributed by atoms with Gasteiger partial charge in [-0.05, 0) is 36.7 Å². The summed E-state index contributed by atoms with van der Waals surface area (Å²) in [6, 6.07) is 8.94. The minimum absolute atomic E-state index is 0.0719. The Balaban J connectivity index is 2.24. The summed E-state index contributed by atoms with van der Waals surface area (Å²) in [5.74, 6) is -0.405. The molecule has 27 heavy (non-hydrogen) atoms. The van der Waals surface area contributed by atoms with E-state index in [-0.39, 0.29) is 24.2 Å². The SMILES string of the molecule is Cc1cccc(Cn2cc(C(=O)NCC/C(C=N)=C/N)cc(C=O)c2=O)c1. The molecule has 0 aliphatic rings. The molecular weight excluding hydrogens is 344 g/mol. The predicted octanol–water partition coefficient (Wildman–Crippen LogP) is 1.63. The molecule has 2 aromatic rings. The van der Waals surface area contributed by atoms with Gasteiger partial charge in [-0.2, -0.15) is 0 Å². The van der Waals surface area contributed by atoms with Crippen molar-refractivity contribution in [3.05, 3.63) is 80.9 Å². The Hall–Kier alpha value is -3.48. The third kappa shape index (κ3) is 5.24. The number of hydrogen-bond donors (Lipinski definition) is 3. The predicted molar refractivity (Wildman–Crippen MR) is 104 cm³/mol. The van der Waals surface area contributed by atoms with Crippen molar-refractivity contribution >= 4 is 18.4 Å². The summed E-state index contributed by atoms with van der Waals surface area (Å²) >= 11 is 0. The second kappa shape index (κ2) is 9.28. The van der Waals surface area contributed by atoms with E-state index >= 15 is 0 Å². The molecule has 0 atom stereocenters. The lowest BCUT2D eigenvalue weighted by Crippen LogP contribution is -2.30. The molecule has 0 spiro atoms. The number of benzene rings is 1. The maximum atomic E-state index is 12.4. The maximum Gasteiger partial charge on any atom is 0.261 e. The van der Waals surface area contributed by atoms with Crippen LogP contribution < -0.4 is 16.6 Å². The number of nitrogens with one attached hydrogen (secondary N) is 2. The van der Waals surface area contributed by atoms with Crippen LogP contribution in [0.2, 0.25) is 0 Å². The lowest BCUT2D eigenvalue weighted by Gasteiger charge is -2.11. The molecule has 2 rings (SSSR count). The van der Waals surface area contributed by atoms with Crippen LogP contribution in [0.4, 0.5) is 0 Å². The third-order valence-corrected chi connectivity index (χ3v) is 4.04. The van der Waals surface area contributed by atoms with Gasteiger partial charge in [0, 0.05) is 19.0 Å². The highest BCUT2D eigenvalue weighted by atomic mass is 16.2. The highest BCUT2D eigenvalue weighted by Crippen LogP contribution is 2.07. The third-order valence-electron chi connectivity index (χ3n) is 4.04. The zero-order valence-electron chi connectivity index (χ0n) is 15.1. The smallest absolute Gasteiger partial charge is 0.261 e. The molecule has 0 unspecified atom stereocenters. The monoisotopic (exact) mass is 366 g/mol. The minimum atomic E-state index is -0.444. The number of nitrogens with zero attached hydrogens (tertiary/aromatic N) is 1. The number of nitrogens with two attached hydrogens (primary N) is 1. The van der Waals surface area contributed by atoms with Crippen LogP contribution in [0.15, 0.2) is 53.1 Å². The topological polar surface area (TPSA) is 118 Å². The fourth-order valence-electron chi connectivity index (χ4n) is 2.62. The van der Waals surface area contributed by atoms with E-state index < -0.39 is 11.5 Å². The van der Waals surface area contributed by atoms with Gasteiger partial charge in [0.05, 0.1) is 17.7 Å². The normalized spacial score (nSPS) is 11.1. The first-order valence-electron chi connectivity index (χ1n) is 8.43. The number of pyridine rings is 1. The first-order chi connectivity index (χ1) is 13.0. The van der Waals surface area contributed by atoms with Gasteiger partial charge in [-0.15, -0.1) is 0 Å². The summed E-state index contributed by atoms with van der Waals surface area (Å²) in [5, 5.41) is 9.87. The van der Waals surface area contributed by atoms with Crippen LogP contribution in [-0.4, -0.2) is 29.5 Å². The van der Waals surface area contributed by atoms with Crippen LogP contribution in [0.25, 0.3) is 0 Å². The van der Waals surface area contributed by atoms with Crippen molar-refractivity contribution in [3.63, 3.8) is 0 Å². The summed E-state index contributed by atoms with van der Waals surface area (Å²) < 4.78 is 1.36. The molecule has 1 aromatic heterocycles. The van der Waals surface area contributed by atoms with Gasteiger partial charge < -0.3 is 21.0 Å². The summed E-state index contributed by atoms with van der Waals surface area (Å²) in [4.78, 5) is 36.0. The molecule has 0 aliphatic heterocycles. The first-order valence-corrected chi connectivity index (χ1v) is 8.43. The van der Waals surface area contributed by atoms with Gasteiger partial charge in [-0.3, -0.25) is 14.4 Å². The van der Waals surface area contributed by atoms with Gasteiger partial charge in [0.25, 0.3) is 11.5 Å². The molecular formula is C20H22N4O3. The summed E-state index contributed by atoms with van der Waals surface area (Å²) in [6.45, 7) is 2.49. The Labute approximate surface area is 157 Å². The largest absolute Gasteiger partial charge is 0.404 e. The number of aldehydes is 1. The average Bonchev–Trinajstić information content (AvgIpc) is 2.66. The quantitative estimate of drug-likeness (QED) is 0.486. The Morgan fingerprint density at radius 3 is 2.74 bits per heavy atom. The molecule has 1 amide bonds. The van der Waals surface area contributed by atoms with E-state index in [4.69, 9.17) is 11.1 Å². The van der Waals surface area contributed by atoms with Crippen molar-refractivity contribution in [1.82, 2.24) is 9.88 Å². The molecule has 0 saturated carbocycles. The van der Waals surface area contributed by atoms with E-state index in [0.717, 1.165) is 17.3 Å². The van der Waals surface area contributed by atoms with Crippen LogP contribution in [0.3, 0.4) is 0 Å². The number of carbonyl (C=O) groups is 2. The minimum Gasteiger partial charge on any atom is -0.404 e. The first kappa shape index (κ1) is 19.8. The number of carbonyl (C=O) groups excluding carboxylic acids is 2. The van der Waals surface area contributed by atoms with Gasteiger partial charge in [0.15, 0.2) is 6.29 Å². The number of hydrogen-bond acceptors (Lipinski definition) is 5. The zero-order chi connectivity index (χ0) is 19.8. The van der Waals surface area contributed by atoms with Crippen molar-refractivity contribution in [2.24, 2.45) is 5.73 Å². The Bertz CT molecular complexity index is 944. The molecule has 1 aromatic carbocycles. The Morgan fingerprint density at radius 1 is 1.33 bits per heavy atom. The van der Waals surface area contributed by atoms with E-state index in [1.165, 1.54) is 23.0 Å². The zero-order valence-corrected chi connectivity index (χ0v) is 15.1. The maximum absolute atomic E-state index is 12.4. The van der Waals surface area contributed by atoms with E-state index in [2.05, 4.69) is 5.32 Å². The Kier molecular flexibility index (Phi) is 6.82. The summed E-state index contributed by atoms with van der Waals surface area (Å²) in [6.07, 6.45) is 4.75. The fraction of sp³-hybridized carbons (Fsp3) is 0.200. The molecule has 140 valence electrons. The van der Waals surface area contributed by atoms with Crippen molar-refractivity contribution in [2.75, 3.05) is 6.54 Å². The molecule has 4 N–H and O–H groups in total. The highest BCUT2D eigenvalue weighted by molar-refractivity contribution is 5.95. The number of aromatic nitrogens is 1. The van der Waals surface area contributed by atoms with E-state index in [1.807, 2.05) is 31.2 Å². The van der Waals surface area contributed by atoms with Crippen molar-refractivity contribution in [3.8, 4) is 0 Å². The van der Waals surface area contributed by atoms with E-state index in [0.29, 0.717) is 18.3 Å². The molecule has 1 heterocycles. The molecule has 0 radical (unpaired) electrons. The lowest BCUT2D eigenvalue weighted by atomic mass is 10.1. The number of aryl methyl sites for hydroxylation is 1. The van der Waals surface area contributed by atoms with Gasteiger partial charge in [-0.25, -0.2) is 0 Å². The van der Waals surface area contributed by atoms with Crippen molar-refractivity contribution in [1.29, 1.82) is 5.41 Å². The van der Waals surface area contributed by atoms with Crippen LogP contribution in [0, 0.1) is 12.3 Å². The average molecular weight is 366 g/mol. The summed E-state index contributed by atoms with van der Waals surface area (Å²) in [5.41, 5.74) is 7.62. The van der Waals surface area contributed by atoms with Gasteiger partial charge in [0.1, 0.15) is 0 Å². The van der Waals surface area contributed by atoms with Crippen LogP contribution in [0.5, 0.6) is 0 Å². The lowest BCUT2D eigenvalue weighted by molar-refractivity contribution is 0.0953. The van der Waals surface area contributed by atoms with Crippen LogP contribution >= 0.6 is 0 Å². The summed E-state index contributed by atoms with van der Waals surface area (Å²) in [7, 11) is 0. The van der Waals surface area contributed by atoms with Gasteiger partial charge in [-0.1, -0.05) is 29.8 Å². The van der Waals surface area contributed by atoms with E-state index in [1.54, 1.807) is 0 Å². The molecule has 0 bridgehead atoms. The second-order valence-electron chi connectivity index (χ2n) is 6.12. The van der Waals surface area contributed by atoms with Gasteiger partial charge >= 0.3 is 0 Å². The van der Waals surface area contributed by atoms with E-state index in [9.17, 15) is 14.4 Å². The Morgan fingerprint density at radius 2 is 2.11 bits per heavy atom. The van der Waals surface area contributed by atoms with Crippen LogP contribution in [-0.2, 0) is 6.54 Å². The number of rotatable bonds is 8. The molecule has 0 aliphatic carbocycles.